The fraction of sp³-hybridized carbons (Fsp3) is 0.188. The fourth-order valence-electron chi connectivity index (χ4n) is 2.00. The number of furan rings is 1. The summed E-state index contributed by atoms with van der Waals surface area (Å²) in [6, 6.07) is 13.3. The van der Waals surface area contributed by atoms with Gasteiger partial charge in [0.15, 0.2) is 5.82 Å². The van der Waals surface area contributed by atoms with Crippen molar-refractivity contribution in [1.29, 1.82) is 0 Å². The summed E-state index contributed by atoms with van der Waals surface area (Å²) < 4.78 is 13.3. The van der Waals surface area contributed by atoms with Gasteiger partial charge in [0.2, 0.25) is 4.77 Å². The molecule has 23 heavy (non-hydrogen) atoms. The van der Waals surface area contributed by atoms with E-state index < -0.39 is 0 Å². The number of aromatic nitrogens is 3. The molecule has 3 rings (SSSR count). The number of hydrogen-bond donors (Lipinski definition) is 1. The van der Waals surface area contributed by atoms with E-state index in [9.17, 15) is 0 Å². The third-order valence-electron chi connectivity index (χ3n) is 3.14. The van der Waals surface area contributed by atoms with Crippen molar-refractivity contribution in [3.63, 3.8) is 0 Å². The zero-order chi connectivity index (χ0) is 16.1. The minimum atomic E-state index is 0.364. The van der Waals surface area contributed by atoms with Crippen LogP contribution in [0.15, 0.2) is 52.0 Å². The molecule has 0 unspecified atom stereocenters. The summed E-state index contributed by atoms with van der Waals surface area (Å²) in [5.74, 6) is 2.92. The number of aryl methyl sites for hydroxylation is 1. The number of hydrogen-bond acceptors (Lipinski definition) is 5. The first-order valence-corrected chi connectivity index (χ1v) is 7.64. The van der Waals surface area contributed by atoms with Gasteiger partial charge in [-0.1, -0.05) is 25.1 Å². The number of para-hydroxylation sites is 1. The molecule has 0 spiro atoms. The van der Waals surface area contributed by atoms with Gasteiger partial charge in [-0.3, -0.25) is 5.10 Å². The molecule has 118 valence electrons. The summed E-state index contributed by atoms with van der Waals surface area (Å²) in [7, 11) is 0. The van der Waals surface area contributed by atoms with Crippen LogP contribution in [0, 0.1) is 4.77 Å². The molecule has 2 heterocycles. The summed E-state index contributed by atoms with van der Waals surface area (Å²) in [5.41, 5.74) is 0. The molecule has 0 aliphatic rings. The van der Waals surface area contributed by atoms with Crippen LogP contribution in [0.4, 0.5) is 0 Å². The van der Waals surface area contributed by atoms with Crippen molar-refractivity contribution in [1.82, 2.24) is 14.9 Å². The Morgan fingerprint density at radius 1 is 1.30 bits per heavy atom. The lowest BCUT2D eigenvalue weighted by molar-refractivity contribution is 0.270. The Bertz CT molecular complexity index is 848. The number of nitrogens with one attached hydrogen (secondary N) is 1. The van der Waals surface area contributed by atoms with Crippen molar-refractivity contribution >= 4 is 18.4 Å². The Balaban J connectivity index is 1.66. The van der Waals surface area contributed by atoms with E-state index in [2.05, 4.69) is 15.3 Å². The molecule has 0 aliphatic heterocycles. The van der Waals surface area contributed by atoms with E-state index >= 15 is 0 Å². The first-order valence-electron chi connectivity index (χ1n) is 7.23. The van der Waals surface area contributed by atoms with Gasteiger partial charge in [-0.15, -0.1) is 0 Å². The van der Waals surface area contributed by atoms with E-state index in [1.54, 1.807) is 10.9 Å². The van der Waals surface area contributed by atoms with Crippen LogP contribution in [0.2, 0.25) is 0 Å². The molecule has 1 N–H and O–H groups in total. The fourth-order valence-corrected chi connectivity index (χ4v) is 2.20. The monoisotopic (exact) mass is 328 g/mol. The van der Waals surface area contributed by atoms with Crippen LogP contribution in [-0.2, 0) is 13.0 Å². The molecule has 0 radical (unpaired) electrons. The summed E-state index contributed by atoms with van der Waals surface area (Å²) in [6.07, 6.45) is 2.34. The van der Waals surface area contributed by atoms with Crippen molar-refractivity contribution in [3.05, 3.63) is 64.6 Å². The van der Waals surface area contributed by atoms with Crippen LogP contribution in [0.1, 0.15) is 24.3 Å². The van der Waals surface area contributed by atoms with Crippen molar-refractivity contribution in [3.8, 4) is 5.75 Å². The molecule has 0 amide bonds. The van der Waals surface area contributed by atoms with E-state index in [0.29, 0.717) is 17.1 Å². The second kappa shape index (κ2) is 7.06. The number of aromatic amines is 1. The van der Waals surface area contributed by atoms with Gasteiger partial charge in [0.05, 0.1) is 6.21 Å². The number of rotatable bonds is 6. The van der Waals surface area contributed by atoms with Gasteiger partial charge in [-0.2, -0.15) is 14.9 Å². The van der Waals surface area contributed by atoms with Crippen LogP contribution in [0.3, 0.4) is 0 Å². The zero-order valence-corrected chi connectivity index (χ0v) is 13.4. The predicted molar refractivity (Wildman–Crippen MR) is 89.3 cm³/mol. The van der Waals surface area contributed by atoms with Gasteiger partial charge in [0.1, 0.15) is 23.9 Å². The Labute approximate surface area is 138 Å². The van der Waals surface area contributed by atoms with Crippen LogP contribution in [0.25, 0.3) is 0 Å². The highest BCUT2D eigenvalue weighted by atomic mass is 32.1. The molecular weight excluding hydrogens is 312 g/mol. The van der Waals surface area contributed by atoms with Crippen LogP contribution >= 0.6 is 12.2 Å². The highest BCUT2D eigenvalue weighted by molar-refractivity contribution is 7.71. The Morgan fingerprint density at radius 2 is 2.13 bits per heavy atom. The maximum absolute atomic E-state index is 5.66. The largest absolute Gasteiger partial charge is 0.486 e. The highest BCUT2D eigenvalue weighted by Gasteiger charge is 2.04. The predicted octanol–water partition coefficient (Wildman–Crippen LogP) is 3.56. The second-order valence-corrected chi connectivity index (χ2v) is 5.15. The second-order valence-electron chi connectivity index (χ2n) is 4.76. The number of ether oxygens (including phenoxy) is 1. The first kappa shape index (κ1) is 15.2. The topological polar surface area (TPSA) is 68.3 Å². The molecule has 0 fully saturated rings. The Morgan fingerprint density at radius 3 is 2.91 bits per heavy atom. The summed E-state index contributed by atoms with van der Waals surface area (Å²) in [6.45, 7) is 2.35. The molecule has 0 bridgehead atoms. The maximum atomic E-state index is 5.66. The van der Waals surface area contributed by atoms with Gasteiger partial charge in [0.25, 0.3) is 0 Å². The average molecular weight is 328 g/mol. The number of H-pyrrole nitrogens is 1. The van der Waals surface area contributed by atoms with Crippen LogP contribution in [0.5, 0.6) is 5.75 Å². The number of benzene rings is 1. The maximum Gasteiger partial charge on any atom is 0.216 e. The Hall–Kier alpha value is -2.67. The number of nitrogens with zero attached hydrogens (tertiary/aromatic N) is 3. The normalized spacial score (nSPS) is 11.2. The van der Waals surface area contributed by atoms with Crippen LogP contribution in [-0.4, -0.2) is 21.1 Å². The van der Waals surface area contributed by atoms with E-state index in [1.165, 1.54) is 0 Å². The molecule has 0 saturated heterocycles. The zero-order valence-electron chi connectivity index (χ0n) is 12.6. The van der Waals surface area contributed by atoms with E-state index in [4.69, 9.17) is 21.4 Å². The van der Waals surface area contributed by atoms with Gasteiger partial charge >= 0.3 is 0 Å². The lowest BCUT2D eigenvalue weighted by Gasteiger charge is -2.02. The Kier molecular flexibility index (Phi) is 4.68. The quantitative estimate of drug-likeness (QED) is 0.555. The first-order chi connectivity index (χ1) is 11.3. The van der Waals surface area contributed by atoms with Gasteiger partial charge in [-0.25, -0.2) is 0 Å². The molecule has 0 aliphatic carbocycles. The van der Waals surface area contributed by atoms with Crippen molar-refractivity contribution in [2.75, 3.05) is 0 Å². The molecule has 7 heteroatoms. The molecular formula is C16H16N4O2S. The van der Waals surface area contributed by atoms with E-state index in [0.717, 1.165) is 23.8 Å². The third-order valence-corrected chi connectivity index (χ3v) is 3.41. The summed E-state index contributed by atoms with van der Waals surface area (Å²) >= 11 is 5.14. The van der Waals surface area contributed by atoms with Crippen molar-refractivity contribution in [2.24, 2.45) is 5.10 Å². The summed E-state index contributed by atoms with van der Waals surface area (Å²) in [5, 5.41) is 11.1. The van der Waals surface area contributed by atoms with Crippen molar-refractivity contribution < 1.29 is 9.15 Å². The highest BCUT2D eigenvalue weighted by Crippen LogP contribution is 2.13. The summed E-state index contributed by atoms with van der Waals surface area (Å²) in [4.78, 5) is 0. The minimum absolute atomic E-state index is 0.364. The van der Waals surface area contributed by atoms with Crippen molar-refractivity contribution in [2.45, 2.75) is 20.0 Å². The standard InChI is InChI=1S/C16H16N4O2S/c1-2-15-18-19-16(23)20(15)17-10-13-8-9-14(22-13)11-21-12-6-4-3-5-7-12/h3-10H,2,11H2,1H3,(H,19,23). The third kappa shape index (κ3) is 3.75. The van der Waals surface area contributed by atoms with Gasteiger partial charge < -0.3 is 9.15 Å². The SMILES string of the molecule is CCc1n[nH]c(=S)n1N=Cc1ccc(COc2ccccc2)o1. The molecule has 3 aromatic rings. The minimum Gasteiger partial charge on any atom is -0.486 e. The molecule has 2 aromatic heterocycles. The van der Waals surface area contributed by atoms with E-state index in [-0.39, 0.29) is 0 Å². The molecule has 1 aromatic carbocycles. The lowest BCUT2D eigenvalue weighted by Crippen LogP contribution is -1.97. The molecule has 0 saturated carbocycles. The van der Waals surface area contributed by atoms with Gasteiger partial charge in [0, 0.05) is 6.42 Å². The van der Waals surface area contributed by atoms with Crippen LogP contribution < -0.4 is 4.74 Å². The molecule has 6 nitrogen and oxygen atoms in total. The lowest BCUT2D eigenvalue weighted by atomic mass is 10.3. The van der Waals surface area contributed by atoms with E-state index in [1.807, 2.05) is 49.4 Å². The molecule has 0 atom stereocenters. The average Bonchev–Trinajstić information content (AvgIpc) is 3.18. The van der Waals surface area contributed by atoms with Gasteiger partial charge in [-0.05, 0) is 36.5 Å². The smallest absolute Gasteiger partial charge is 0.216 e.